The molecule has 0 saturated heterocycles. The highest BCUT2D eigenvalue weighted by molar-refractivity contribution is 5.02. The van der Waals surface area contributed by atoms with E-state index in [-0.39, 0.29) is 5.60 Å². The van der Waals surface area contributed by atoms with Crippen LogP contribution in [0.4, 0.5) is 0 Å². The van der Waals surface area contributed by atoms with Gasteiger partial charge in [-0.05, 0) is 30.6 Å². The third-order valence-electron chi connectivity index (χ3n) is 3.52. The van der Waals surface area contributed by atoms with Crippen molar-refractivity contribution >= 4 is 0 Å². The monoisotopic (exact) mass is 156 g/mol. The van der Waals surface area contributed by atoms with Gasteiger partial charge in [0, 0.05) is 0 Å². The van der Waals surface area contributed by atoms with E-state index in [4.69, 9.17) is 0 Å². The van der Waals surface area contributed by atoms with Crippen molar-refractivity contribution in [1.82, 2.24) is 0 Å². The highest BCUT2D eigenvalue weighted by Gasteiger charge is 2.50. The number of hydrogen-bond acceptors (Lipinski definition) is 1. The summed E-state index contributed by atoms with van der Waals surface area (Å²) in [4.78, 5) is 0. The van der Waals surface area contributed by atoms with Crippen LogP contribution in [0, 0.1) is 11.3 Å². The van der Waals surface area contributed by atoms with Crippen molar-refractivity contribution in [3.63, 3.8) is 0 Å². The van der Waals surface area contributed by atoms with Gasteiger partial charge < -0.3 is 5.11 Å². The van der Waals surface area contributed by atoms with Crippen LogP contribution >= 0.6 is 0 Å². The Morgan fingerprint density at radius 3 is 2.09 bits per heavy atom. The molecule has 1 nitrogen and oxygen atoms in total. The summed E-state index contributed by atoms with van der Waals surface area (Å²) in [6.07, 6.45) is 2.90. The van der Waals surface area contributed by atoms with Crippen molar-refractivity contribution < 1.29 is 5.11 Å². The molecule has 0 heterocycles. The van der Waals surface area contributed by atoms with Gasteiger partial charge in [0.25, 0.3) is 0 Å². The van der Waals surface area contributed by atoms with Gasteiger partial charge in [-0.15, -0.1) is 0 Å². The normalized spacial score (nSPS) is 44.2. The van der Waals surface area contributed by atoms with E-state index in [1.165, 1.54) is 0 Å². The van der Waals surface area contributed by atoms with E-state index in [2.05, 4.69) is 27.7 Å². The molecule has 1 saturated carbocycles. The maximum atomic E-state index is 9.80. The van der Waals surface area contributed by atoms with Crippen molar-refractivity contribution in [2.45, 2.75) is 52.6 Å². The third kappa shape index (κ3) is 1.44. The van der Waals surface area contributed by atoms with E-state index in [1.807, 2.05) is 0 Å². The summed E-state index contributed by atoms with van der Waals surface area (Å²) >= 11 is 0. The zero-order valence-electron chi connectivity index (χ0n) is 8.15. The van der Waals surface area contributed by atoms with Crippen LogP contribution in [-0.4, -0.2) is 10.7 Å². The summed E-state index contributed by atoms with van der Waals surface area (Å²) in [7, 11) is 0. The molecular formula is C10H20O. The second-order valence-corrected chi connectivity index (χ2v) is 4.74. The second-order valence-electron chi connectivity index (χ2n) is 4.74. The minimum Gasteiger partial charge on any atom is -0.390 e. The molecule has 0 unspecified atom stereocenters. The Labute approximate surface area is 69.8 Å². The first kappa shape index (κ1) is 9.05. The molecule has 1 N–H and O–H groups in total. The van der Waals surface area contributed by atoms with Crippen LogP contribution in [0.1, 0.15) is 47.0 Å². The van der Waals surface area contributed by atoms with E-state index in [0.717, 1.165) is 19.3 Å². The molecular weight excluding hydrogens is 136 g/mol. The highest BCUT2D eigenvalue weighted by Crippen LogP contribution is 2.53. The average Bonchev–Trinajstić information content (AvgIpc) is 1.84. The van der Waals surface area contributed by atoms with Crippen LogP contribution < -0.4 is 0 Å². The van der Waals surface area contributed by atoms with Gasteiger partial charge in [-0.2, -0.15) is 0 Å². The lowest BCUT2D eigenvalue weighted by molar-refractivity contribution is -0.141. The first-order valence-corrected chi connectivity index (χ1v) is 4.64. The molecule has 0 aromatic carbocycles. The second kappa shape index (κ2) is 2.48. The summed E-state index contributed by atoms with van der Waals surface area (Å²) < 4.78 is 0. The Bertz CT molecular complexity index is 143. The minimum atomic E-state index is -0.320. The summed E-state index contributed by atoms with van der Waals surface area (Å²) in [5.41, 5.74) is 0.0871. The lowest BCUT2D eigenvalue weighted by Crippen LogP contribution is -2.52. The van der Waals surface area contributed by atoms with Crippen LogP contribution in [0.15, 0.2) is 0 Å². The van der Waals surface area contributed by atoms with Crippen molar-refractivity contribution in [2.24, 2.45) is 11.3 Å². The van der Waals surface area contributed by atoms with Crippen molar-refractivity contribution in [2.75, 3.05) is 0 Å². The number of rotatable bonds is 2. The molecule has 1 aliphatic rings. The van der Waals surface area contributed by atoms with Crippen molar-refractivity contribution in [3.8, 4) is 0 Å². The molecule has 0 atom stereocenters. The molecule has 1 heteroatoms. The van der Waals surface area contributed by atoms with Crippen LogP contribution in [-0.2, 0) is 0 Å². The van der Waals surface area contributed by atoms with Gasteiger partial charge >= 0.3 is 0 Å². The SMILES string of the molecule is CCC1(O)CC(C)(C(C)C)C1. The Kier molecular flexibility index (Phi) is 2.04. The maximum absolute atomic E-state index is 9.80. The summed E-state index contributed by atoms with van der Waals surface area (Å²) in [6.45, 7) is 8.84. The molecule has 1 fully saturated rings. The molecule has 1 aliphatic carbocycles. The first-order chi connectivity index (χ1) is 4.92. The van der Waals surface area contributed by atoms with Gasteiger partial charge in [0.1, 0.15) is 0 Å². The third-order valence-corrected chi connectivity index (χ3v) is 3.52. The maximum Gasteiger partial charge on any atom is 0.0655 e. The molecule has 0 aromatic rings. The van der Waals surface area contributed by atoms with Crippen molar-refractivity contribution in [1.29, 1.82) is 0 Å². The van der Waals surface area contributed by atoms with Gasteiger partial charge in [-0.3, -0.25) is 0 Å². The van der Waals surface area contributed by atoms with E-state index in [0.29, 0.717) is 11.3 Å². The van der Waals surface area contributed by atoms with Gasteiger partial charge in [0.2, 0.25) is 0 Å². The van der Waals surface area contributed by atoms with E-state index in [1.54, 1.807) is 0 Å². The zero-order valence-corrected chi connectivity index (χ0v) is 8.15. The zero-order chi connectivity index (χ0) is 8.70. The highest BCUT2D eigenvalue weighted by atomic mass is 16.3. The standard InChI is InChI=1S/C10H20O/c1-5-10(11)6-9(4,7-10)8(2)3/h8,11H,5-7H2,1-4H3. The van der Waals surface area contributed by atoms with Crippen LogP contribution in [0.2, 0.25) is 0 Å². The Balaban J connectivity index is 2.49. The topological polar surface area (TPSA) is 20.2 Å². The molecule has 11 heavy (non-hydrogen) atoms. The smallest absolute Gasteiger partial charge is 0.0655 e. The fraction of sp³-hybridized carbons (Fsp3) is 1.00. The van der Waals surface area contributed by atoms with Gasteiger partial charge in [-0.25, -0.2) is 0 Å². The predicted octanol–water partition coefficient (Wildman–Crippen LogP) is 2.58. The summed E-state index contributed by atoms with van der Waals surface area (Å²) in [6, 6.07) is 0. The van der Waals surface area contributed by atoms with Crippen LogP contribution in [0.5, 0.6) is 0 Å². The fourth-order valence-corrected chi connectivity index (χ4v) is 2.11. The summed E-state index contributed by atoms with van der Waals surface area (Å²) in [5, 5.41) is 9.80. The lowest BCUT2D eigenvalue weighted by atomic mass is 9.55. The molecule has 0 aliphatic heterocycles. The van der Waals surface area contributed by atoms with Gasteiger partial charge in [0.15, 0.2) is 0 Å². The molecule has 0 amide bonds. The molecule has 0 aromatic heterocycles. The van der Waals surface area contributed by atoms with Crippen LogP contribution in [0.25, 0.3) is 0 Å². The average molecular weight is 156 g/mol. The minimum absolute atomic E-state index is 0.320. The number of hydrogen-bond donors (Lipinski definition) is 1. The lowest BCUT2D eigenvalue weighted by Gasteiger charge is -2.54. The quantitative estimate of drug-likeness (QED) is 0.651. The first-order valence-electron chi connectivity index (χ1n) is 4.64. The van der Waals surface area contributed by atoms with Gasteiger partial charge in [0.05, 0.1) is 5.60 Å². The summed E-state index contributed by atoms with van der Waals surface area (Å²) in [5.74, 6) is 0.703. The van der Waals surface area contributed by atoms with E-state index in [9.17, 15) is 5.11 Å². The molecule has 0 spiro atoms. The Morgan fingerprint density at radius 1 is 1.36 bits per heavy atom. The largest absolute Gasteiger partial charge is 0.390 e. The molecule has 0 radical (unpaired) electrons. The van der Waals surface area contributed by atoms with Crippen LogP contribution in [0.3, 0.4) is 0 Å². The molecule has 0 bridgehead atoms. The Hall–Kier alpha value is -0.0400. The van der Waals surface area contributed by atoms with E-state index >= 15 is 0 Å². The van der Waals surface area contributed by atoms with Gasteiger partial charge in [-0.1, -0.05) is 27.7 Å². The van der Waals surface area contributed by atoms with Crippen molar-refractivity contribution in [3.05, 3.63) is 0 Å². The number of aliphatic hydroxyl groups is 1. The van der Waals surface area contributed by atoms with E-state index < -0.39 is 0 Å². The Morgan fingerprint density at radius 2 is 1.82 bits per heavy atom. The molecule has 66 valence electrons. The predicted molar refractivity (Wildman–Crippen MR) is 47.4 cm³/mol. The fourth-order valence-electron chi connectivity index (χ4n) is 2.11. The molecule has 1 rings (SSSR count).